The fourth-order valence-corrected chi connectivity index (χ4v) is 2.10. The predicted octanol–water partition coefficient (Wildman–Crippen LogP) is 2.49. The molecule has 2 rings (SSSR count). The van der Waals surface area contributed by atoms with Gasteiger partial charge in [0.2, 0.25) is 0 Å². The third-order valence-corrected chi connectivity index (χ3v) is 2.93. The summed E-state index contributed by atoms with van der Waals surface area (Å²) in [5.74, 6) is -0.244. The van der Waals surface area contributed by atoms with Gasteiger partial charge in [-0.1, -0.05) is 11.6 Å². The zero-order valence-electron chi connectivity index (χ0n) is 9.13. The maximum Gasteiger partial charge on any atom is 0.311 e. The minimum absolute atomic E-state index is 0.106. The molecule has 1 aromatic rings. The number of halogens is 1. The van der Waals surface area contributed by atoms with Crippen molar-refractivity contribution in [2.45, 2.75) is 13.3 Å². The smallest absolute Gasteiger partial charge is 0.311 e. The van der Waals surface area contributed by atoms with Crippen molar-refractivity contribution < 1.29 is 9.53 Å². The quantitative estimate of drug-likeness (QED) is 0.806. The number of hydrogen-bond acceptors (Lipinski definition) is 3. The van der Waals surface area contributed by atoms with Crippen LogP contribution in [0.5, 0.6) is 0 Å². The first-order valence-electron chi connectivity index (χ1n) is 5.39. The Hall–Kier alpha value is -1.22. The van der Waals surface area contributed by atoms with Gasteiger partial charge in [0.25, 0.3) is 0 Å². The van der Waals surface area contributed by atoms with Crippen LogP contribution in [0.4, 0.5) is 5.69 Å². The first-order valence-corrected chi connectivity index (χ1v) is 5.77. The third-order valence-electron chi connectivity index (χ3n) is 2.69. The summed E-state index contributed by atoms with van der Waals surface area (Å²) in [6.45, 7) is 2.88. The second-order valence-corrected chi connectivity index (χ2v) is 4.27. The van der Waals surface area contributed by atoms with E-state index in [2.05, 4.69) is 5.32 Å². The highest BCUT2D eigenvalue weighted by molar-refractivity contribution is 6.30. The number of benzene rings is 1. The molecule has 0 bridgehead atoms. The van der Waals surface area contributed by atoms with Crippen LogP contribution in [0.2, 0.25) is 5.02 Å². The third kappa shape index (κ3) is 2.30. The van der Waals surface area contributed by atoms with Crippen molar-refractivity contribution in [2.24, 2.45) is 5.92 Å². The molecule has 0 saturated carbocycles. The van der Waals surface area contributed by atoms with Crippen molar-refractivity contribution in [3.63, 3.8) is 0 Å². The van der Waals surface area contributed by atoms with Crippen molar-refractivity contribution in [1.82, 2.24) is 0 Å². The topological polar surface area (TPSA) is 38.3 Å². The van der Waals surface area contributed by atoms with Crippen LogP contribution in [0.25, 0.3) is 0 Å². The number of hydrogen-bond donors (Lipinski definition) is 1. The standard InChI is InChI=1S/C12H14ClNO2/c1-2-16-12(15)9-5-8-6-10(13)3-4-11(8)14-7-9/h3-4,6,9,14H,2,5,7H2,1H3. The van der Waals surface area contributed by atoms with E-state index in [1.165, 1.54) is 0 Å². The largest absolute Gasteiger partial charge is 0.466 e. The van der Waals surface area contributed by atoms with Gasteiger partial charge in [0.15, 0.2) is 0 Å². The lowest BCUT2D eigenvalue weighted by molar-refractivity contribution is -0.147. The second kappa shape index (κ2) is 4.74. The first-order chi connectivity index (χ1) is 7.70. The Morgan fingerprint density at radius 1 is 1.62 bits per heavy atom. The molecule has 16 heavy (non-hydrogen) atoms. The zero-order chi connectivity index (χ0) is 11.5. The zero-order valence-corrected chi connectivity index (χ0v) is 9.88. The van der Waals surface area contributed by atoms with Crippen LogP contribution >= 0.6 is 11.6 Å². The van der Waals surface area contributed by atoms with Gasteiger partial charge in [-0.15, -0.1) is 0 Å². The summed E-state index contributed by atoms with van der Waals surface area (Å²) >= 11 is 5.92. The van der Waals surface area contributed by atoms with Crippen molar-refractivity contribution >= 4 is 23.3 Å². The van der Waals surface area contributed by atoms with Gasteiger partial charge in [0, 0.05) is 17.3 Å². The number of rotatable bonds is 2. The summed E-state index contributed by atoms with van der Waals surface area (Å²) in [6.07, 6.45) is 0.696. The van der Waals surface area contributed by atoms with E-state index in [1.807, 2.05) is 25.1 Å². The number of carbonyl (C=O) groups excluding carboxylic acids is 1. The number of esters is 1. The Balaban J connectivity index is 2.13. The highest BCUT2D eigenvalue weighted by Crippen LogP contribution is 2.27. The van der Waals surface area contributed by atoms with Gasteiger partial charge in [-0.25, -0.2) is 0 Å². The van der Waals surface area contributed by atoms with Gasteiger partial charge in [-0.3, -0.25) is 4.79 Å². The van der Waals surface area contributed by atoms with E-state index in [1.54, 1.807) is 0 Å². The summed E-state index contributed by atoms with van der Waals surface area (Å²) in [4.78, 5) is 11.6. The molecule has 4 heteroatoms. The molecule has 1 aromatic carbocycles. The molecule has 0 amide bonds. The summed E-state index contributed by atoms with van der Waals surface area (Å²) in [5.41, 5.74) is 2.14. The molecule has 0 spiro atoms. The van der Waals surface area contributed by atoms with E-state index in [4.69, 9.17) is 16.3 Å². The normalized spacial score (nSPS) is 18.5. The number of nitrogens with one attached hydrogen (secondary N) is 1. The van der Waals surface area contributed by atoms with Crippen molar-refractivity contribution in [2.75, 3.05) is 18.5 Å². The first kappa shape index (κ1) is 11.3. The van der Waals surface area contributed by atoms with Crippen LogP contribution < -0.4 is 5.32 Å². The number of anilines is 1. The van der Waals surface area contributed by atoms with Gasteiger partial charge in [-0.2, -0.15) is 0 Å². The molecule has 3 nitrogen and oxygen atoms in total. The van der Waals surface area contributed by atoms with E-state index < -0.39 is 0 Å². The van der Waals surface area contributed by atoms with E-state index in [9.17, 15) is 4.79 Å². The summed E-state index contributed by atoms with van der Waals surface area (Å²) < 4.78 is 5.01. The molecule has 1 unspecified atom stereocenters. The summed E-state index contributed by atoms with van der Waals surface area (Å²) in [7, 11) is 0. The highest BCUT2D eigenvalue weighted by atomic mass is 35.5. The molecule has 0 radical (unpaired) electrons. The average Bonchev–Trinajstić information content (AvgIpc) is 2.28. The maximum absolute atomic E-state index is 11.6. The molecule has 86 valence electrons. The molecule has 1 heterocycles. The van der Waals surface area contributed by atoms with E-state index in [-0.39, 0.29) is 11.9 Å². The van der Waals surface area contributed by atoms with Crippen molar-refractivity contribution in [3.8, 4) is 0 Å². The molecular formula is C12H14ClNO2. The SMILES string of the molecule is CCOC(=O)C1CNc2ccc(Cl)cc2C1. The molecule has 1 atom stereocenters. The lowest BCUT2D eigenvalue weighted by Crippen LogP contribution is -2.31. The van der Waals surface area contributed by atoms with Gasteiger partial charge in [-0.05, 0) is 37.1 Å². The minimum atomic E-state index is -0.138. The van der Waals surface area contributed by atoms with E-state index in [0.29, 0.717) is 24.6 Å². The number of fused-ring (bicyclic) bond motifs is 1. The van der Waals surface area contributed by atoms with Crippen LogP contribution in [0.15, 0.2) is 18.2 Å². The van der Waals surface area contributed by atoms with Gasteiger partial charge in [0.05, 0.1) is 12.5 Å². The Labute approximate surface area is 99.7 Å². The molecule has 1 aliphatic heterocycles. The molecular weight excluding hydrogens is 226 g/mol. The lowest BCUT2D eigenvalue weighted by Gasteiger charge is -2.24. The predicted molar refractivity (Wildman–Crippen MR) is 63.8 cm³/mol. The lowest BCUT2D eigenvalue weighted by atomic mass is 9.94. The Morgan fingerprint density at radius 3 is 3.19 bits per heavy atom. The molecule has 0 aromatic heterocycles. The Bertz CT molecular complexity index is 406. The van der Waals surface area contributed by atoms with Crippen LogP contribution in [0.1, 0.15) is 12.5 Å². The number of ether oxygens (including phenoxy) is 1. The molecule has 0 saturated heterocycles. The van der Waals surface area contributed by atoms with Gasteiger partial charge in [0.1, 0.15) is 0 Å². The van der Waals surface area contributed by atoms with Crippen molar-refractivity contribution in [1.29, 1.82) is 0 Å². The summed E-state index contributed by atoms with van der Waals surface area (Å²) in [6, 6.07) is 5.69. The van der Waals surface area contributed by atoms with Crippen LogP contribution in [-0.2, 0) is 16.0 Å². The van der Waals surface area contributed by atoms with Crippen LogP contribution in [0, 0.1) is 5.92 Å². The maximum atomic E-state index is 11.6. The van der Waals surface area contributed by atoms with E-state index >= 15 is 0 Å². The Kier molecular flexibility index (Phi) is 3.34. The molecule has 1 aliphatic rings. The summed E-state index contributed by atoms with van der Waals surface area (Å²) in [5, 5.41) is 3.92. The van der Waals surface area contributed by atoms with Gasteiger partial charge >= 0.3 is 5.97 Å². The fourth-order valence-electron chi connectivity index (χ4n) is 1.90. The van der Waals surface area contributed by atoms with Crippen LogP contribution in [-0.4, -0.2) is 19.1 Å². The minimum Gasteiger partial charge on any atom is -0.466 e. The Morgan fingerprint density at radius 2 is 2.44 bits per heavy atom. The monoisotopic (exact) mass is 239 g/mol. The van der Waals surface area contributed by atoms with Crippen molar-refractivity contribution in [3.05, 3.63) is 28.8 Å². The second-order valence-electron chi connectivity index (χ2n) is 3.84. The molecule has 1 N–H and O–H groups in total. The molecule has 0 fully saturated rings. The van der Waals surface area contributed by atoms with E-state index in [0.717, 1.165) is 11.3 Å². The van der Waals surface area contributed by atoms with Gasteiger partial charge < -0.3 is 10.1 Å². The van der Waals surface area contributed by atoms with Crippen LogP contribution in [0.3, 0.4) is 0 Å². The fraction of sp³-hybridized carbons (Fsp3) is 0.417. The average molecular weight is 240 g/mol. The number of carbonyl (C=O) groups is 1. The highest BCUT2D eigenvalue weighted by Gasteiger charge is 2.25. The molecule has 0 aliphatic carbocycles.